The number of aromatic nitrogens is 2. The number of methoxy groups -OCH3 is 1. The summed E-state index contributed by atoms with van der Waals surface area (Å²) in [5.74, 6) is 1.25. The Bertz CT molecular complexity index is 1490. The van der Waals surface area contributed by atoms with Crippen LogP contribution in [0.2, 0.25) is 5.02 Å². The molecular weight excluding hydrogens is 554 g/mol. The third-order valence-electron chi connectivity index (χ3n) is 7.92. The SMILES string of the molecule is COc1cc(N2CCN(C(=O)CN(C)C)CC2)ccc1Nc1ncc(Cl)c(CCc2cccc3c2C(C)(C)C(=O)N3)n1. The minimum atomic E-state index is -0.589. The molecule has 222 valence electrons. The van der Waals surface area contributed by atoms with Crippen LogP contribution < -0.4 is 20.3 Å². The molecular formula is C31H38ClN7O3. The Labute approximate surface area is 252 Å². The molecule has 0 bridgehead atoms. The predicted octanol–water partition coefficient (Wildman–Crippen LogP) is 4.11. The second kappa shape index (κ2) is 12.1. The number of carbonyl (C=O) groups is 2. The molecule has 3 aromatic rings. The number of hydrogen-bond donors (Lipinski definition) is 2. The van der Waals surface area contributed by atoms with E-state index in [0.717, 1.165) is 47.0 Å². The Morgan fingerprint density at radius 1 is 1.14 bits per heavy atom. The molecule has 2 aliphatic heterocycles. The summed E-state index contributed by atoms with van der Waals surface area (Å²) in [7, 11) is 5.45. The van der Waals surface area contributed by atoms with Gasteiger partial charge in [0.2, 0.25) is 17.8 Å². The zero-order chi connectivity index (χ0) is 30.0. The zero-order valence-electron chi connectivity index (χ0n) is 24.8. The fourth-order valence-electron chi connectivity index (χ4n) is 5.62. The van der Waals surface area contributed by atoms with E-state index in [0.29, 0.717) is 49.2 Å². The van der Waals surface area contributed by atoms with Crippen molar-refractivity contribution in [1.29, 1.82) is 0 Å². The van der Waals surface area contributed by atoms with Crippen LogP contribution in [0.25, 0.3) is 0 Å². The normalized spacial score (nSPS) is 15.9. The fraction of sp³-hybridized carbons (Fsp3) is 0.419. The molecule has 0 radical (unpaired) electrons. The van der Waals surface area contributed by atoms with Crippen molar-refractivity contribution in [2.45, 2.75) is 32.1 Å². The third kappa shape index (κ3) is 6.15. The first kappa shape index (κ1) is 29.6. The van der Waals surface area contributed by atoms with Crippen LogP contribution in [0.3, 0.4) is 0 Å². The van der Waals surface area contributed by atoms with Crippen LogP contribution in [-0.4, -0.2) is 85.5 Å². The number of nitrogens with zero attached hydrogens (tertiary/aromatic N) is 5. The average molecular weight is 592 g/mol. The lowest BCUT2D eigenvalue weighted by molar-refractivity contribution is -0.132. The summed E-state index contributed by atoms with van der Waals surface area (Å²) in [5.41, 5.74) is 4.90. The minimum absolute atomic E-state index is 0.00818. The molecule has 2 amide bonds. The van der Waals surface area contributed by atoms with Crippen molar-refractivity contribution < 1.29 is 14.3 Å². The van der Waals surface area contributed by atoms with Gasteiger partial charge in [-0.3, -0.25) is 9.59 Å². The van der Waals surface area contributed by atoms with Crippen LogP contribution in [0.15, 0.2) is 42.6 Å². The largest absolute Gasteiger partial charge is 0.494 e. The first-order valence-corrected chi connectivity index (χ1v) is 14.5. The second-order valence-corrected chi connectivity index (χ2v) is 11.9. The van der Waals surface area contributed by atoms with E-state index in [9.17, 15) is 9.59 Å². The number of nitrogens with one attached hydrogen (secondary N) is 2. The first-order valence-electron chi connectivity index (χ1n) is 14.1. The van der Waals surface area contributed by atoms with Gasteiger partial charge in [0.05, 0.1) is 41.7 Å². The van der Waals surface area contributed by atoms with E-state index in [2.05, 4.69) is 26.6 Å². The van der Waals surface area contributed by atoms with Crippen LogP contribution >= 0.6 is 11.6 Å². The van der Waals surface area contributed by atoms with Crippen molar-refractivity contribution in [1.82, 2.24) is 19.8 Å². The Morgan fingerprint density at radius 2 is 1.90 bits per heavy atom. The summed E-state index contributed by atoms with van der Waals surface area (Å²) in [4.78, 5) is 40.1. The second-order valence-electron chi connectivity index (χ2n) is 11.5. The molecule has 1 fully saturated rings. The number of carbonyl (C=O) groups excluding carboxylic acids is 2. The number of aryl methyl sites for hydroxylation is 2. The van der Waals surface area contributed by atoms with Crippen LogP contribution in [-0.2, 0) is 27.8 Å². The third-order valence-corrected chi connectivity index (χ3v) is 8.24. The van der Waals surface area contributed by atoms with Gasteiger partial charge in [-0.1, -0.05) is 23.7 Å². The van der Waals surface area contributed by atoms with Crippen LogP contribution in [0.4, 0.5) is 23.0 Å². The van der Waals surface area contributed by atoms with Gasteiger partial charge in [-0.15, -0.1) is 0 Å². The summed E-state index contributed by atoms with van der Waals surface area (Å²) in [6.07, 6.45) is 2.88. The van der Waals surface area contributed by atoms with Gasteiger partial charge in [0.1, 0.15) is 5.75 Å². The van der Waals surface area contributed by atoms with Gasteiger partial charge < -0.3 is 30.1 Å². The molecule has 1 aromatic heterocycles. The number of piperazine rings is 1. The van der Waals surface area contributed by atoms with Gasteiger partial charge >= 0.3 is 0 Å². The van der Waals surface area contributed by atoms with E-state index in [1.165, 1.54) is 0 Å². The zero-order valence-corrected chi connectivity index (χ0v) is 25.6. The lowest BCUT2D eigenvalue weighted by Crippen LogP contribution is -2.50. The summed E-state index contributed by atoms with van der Waals surface area (Å²) in [6.45, 7) is 7.20. The van der Waals surface area contributed by atoms with Crippen LogP contribution in [0.1, 0.15) is 30.7 Å². The smallest absolute Gasteiger partial charge is 0.236 e. The molecule has 0 spiro atoms. The standard InChI is InChI=1S/C31H38ClN7O3/c1-31(2)28-20(7-6-8-25(28)34-29(31)41)9-11-23-22(32)18-33-30(35-23)36-24-12-10-21(17-26(24)42-5)38-13-15-39(16-14-38)27(40)19-37(3)4/h6-8,10,12,17-18H,9,11,13-16,19H2,1-5H3,(H,34,41)(H,33,35,36). The molecule has 0 aliphatic carbocycles. The number of fused-ring (bicyclic) bond motifs is 1. The number of rotatable bonds is 9. The highest BCUT2D eigenvalue weighted by Gasteiger charge is 2.39. The van der Waals surface area contributed by atoms with Crippen LogP contribution in [0, 0.1) is 0 Å². The van der Waals surface area contributed by atoms with E-state index in [1.54, 1.807) is 13.3 Å². The van der Waals surface area contributed by atoms with Gasteiger partial charge in [0.25, 0.3) is 0 Å². The van der Waals surface area contributed by atoms with Crippen molar-refractivity contribution in [2.24, 2.45) is 0 Å². The average Bonchev–Trinajstić information content (AvgIpc) is 3.21. The molecule has 10 nitrogen and oxygen atoms in total. The maximum absolute atomic E-state index is 12.5. The van der Waals surface area contributed by atoms with Crippen LogP contribution in [0.5, 0.6) is 5.75 Å². The molecule has 2 aliphatic rings. The summed E-state index contributed by atoms with van der Waals surface area (Å²) < 4.78 is 5.71. The molecule has 11 heteroatoms. The number of anilines is 4. The molecule has 0 saturated carbocycles. The maximum Gasteiger partial charge on any atom is 0.236 e. The highest BCUT2D eigenvalue weighted by atomic mass is 35.5. The highest BCUT2D eigenvalue weighted by Crippen LogP contribution is 2.40. The molecule has 42 heavy (non-hydrogen) atoms. The van der Waals surface area contributed by atoms with Crippen molar-refractivity contribution in [3.8, 4) is 5.75 Å². The van der Waals surface area contributed by atoms with Crippen molar-refractivity contribution >= 4 is 46.4 Å². The number of halogens is 1. The number of benzene rings is 2. The first-order chi connectivity index (χ1) is 20.1. The Hall–Kier alpha value is -3.89. The van der Waals surface area contributed by atoms with E-state index in [4.69, 9.17) is 21.3 Å². The van der Waals surface area contributed by atoms with Crippen molar-refractivity contribution in [2.75, 3.05) is 69.5 Å². The van der Waals surface area contributed by atoms with Gasteiger partial charge in [-0.25, -0.2) is 9.97 Å². The predicted molar refractivity (Wildman–Crippen MR) is 166 cm³/mol. The van der Waals surface area contributed by atoms with E-state index < -0.39 is 5.41 Å². The molecule has 0 unspecified atom stereocenters. The molecule has 5 rings (SSSR count). The van der Waals surface area contributed by atoms with E-state index in [1.807, 2.05) is 68.1 Å². The fourth-order valence-corrected chi connectivity index (χ4v) is 5.80. The molecule has 2 N–H and O–H groups in total. The summed E-state index contributed by atoms with van der Waals surface area (Å²) >= 11 is 6.51. The molecule has 2 aromatic carbocycles. The number of ether oxygens (including phenoxy) is 1. The topological polar surface area (TPSA) is 103 Å². The van der Waals surface area contributed by atoms with E-state index >= 15 is 0 Å². The Kier molecular flexibility index (Phi) is 8.56. The number of hydrogen-bond acceptors (Lipinski definition) is 8. The lowest BCUT2D eigenvalue weighted by atomic mass is 9.82. The number of amides is 2. The summed E-state index contributed by atoms with van der Waals surface area (Å²) in [5, 5.41) is 6.77. The molecule has 1 saturated heterocycles. The Morgan fingerprint density at radius 3 is 2.62 bits per heavy atom. The van der Waals surface area contributed by atoms with Crippen molar-refractivity contribution in [3.05, 3.63) is 64.4 Å². The lowest BCUT2D eigenvalue weighted by Gasteiger charge is -2.36. The molecule has 0 atom stereocenters. The number of likely N-dealkylation sites (N-methyl/N-ethyl adjacent to an activating group) is 1. The molecule has 3 heterocycles. The minimum Gasteiger partial charge on any atom is -0.494 e. The highest BCUT2D eigenvalue weighted by molar-refractivity contribution is 6.31. The quantitative estimate of drug-likeness (QED) is 0.383. The maximum atomic E-state index is 12.5. The monoisotopic (exact) mass is 591 g/mol. The van der Waals surface area contributed by atoms with Gasteiger partial charge in [0, 0.05) is 43.6 Å². The van der Waals surface area contributed by atoms with Crippen molar-refractivity contribution in [3.63, 3.8) is 0 Å². The van der Waals surface area contributed by atoms with E-state index in [-0.39, 0.29) is 11.8 Å². The van der Waals surface area contributed by atoms with Gasteiger partial charge in [0.15, 0.2) is 0 Å². The van der Waals surface area contributed by atoms with Gasteiger partial charge in [-0.05, 0) is 70.1 Å². The van der Waals surface area contributed by atoms with Gasteiger partial charge in [-0.2, -0.15) is 0 Å². The summed E-state index contributed by atoms with van der Waals surface area (Å²) in [6, 6.07) is 11.9. The Balaban J connectivity index is 1.26.